The Hall–Kier alpha value is -2.28. The summed E-state index contributed by atoms with van der Waals surface area (Å²) in [7, 11) is 0. The largest absolute Gasteiger partial charge is 0.445 e. The van der Waals surface area contributed by atoms with Crippen molar-refractivity contribution in [1.29, 1.82) is 0 Å². The Labute approximate surface area is 173 Å². The Kier molecular flexibility index (Phi) is 7.00. The molecule has 1 atom stereocenters. The minimum absolute atomic E-state index is 0.124. The molecule has 2 aliphatic rings. The molecule has 2 saturated heterocycles. The molecule has 7 nitrogen and oxygen atoms in total. The number of rotatable bonds is 4. The molecule has 7 heteroatoms. The fourth-order valence-corrected chi connectivity index (χ4v) is 3.94. The molecule has 3 rings (SSSR count). The molecular weight excluding hydrogens is 370 g/mol. The van der Waals surface area contributed by atoms with Crippen molar-refractivity contribution in [1.82, 2.24) is 15.1 Å². The van der Waals surface area contributed by atoms with Crippen LogP contribution in [0.2, 0.25) is 0 Å². The highest BCUT2D eigenvalue weighted by Crippen LogP contribution is 2.22. The van der Waals surface area contributed by atoms with E-state index >= 15 is 0 Å². The van der Waals surface area contributed by atoms with Crippen molar-refractivity contribution in [3.63, 3.8) is 0 Å². The molecule has 2 amide bonds. The number of nitrogens with zero attached hydrogens (tertiary/aromatic N) is 2. The van der Waals surface area contributed by atoms with Crippen LogP contribution in [0.4, 0.5) is 9.59 Å². The van der Waals surface area contributed by atoms with Crippen LogP contribution in [0, 0.1) is 0 Å². The van der Waals surface area contributed by atoms with Gasteiger partial charge in [-0.25, -0.2) is 9.59 Å². The Bertz CT molecular complexity index is 681. The molecule has 2 heterocycles. The van der Waals surface area contributed by atoms with E-state index in [-0.39, 0.29) is 18.2 Å². The topological polar surface area (TPSA) is 71.1 Å². The standard InChI is InChI=1S/C22H33N3O4/c1-22(2,3)29-20(26)23-18-9-12-25(15-18)19-10-13-24(14-11-19)21(27)28-16-17-7-5-4-6-8-17/h4-8,18-19H,9-16H2,1-3H3,(H,23,26). The second-order valence-corrected chi connectivity index (χ2v) is 8.89. The summed E-state index contributed by atoms with van der Waals surface area (Å²) in [5.41, 5.74) is 0.515. The van der Waals surface area contributed by atoms with Crippen LogP contribution in [0.5, 0.6) is 0 Å². The summed E-state index contributed by atoms with van der Waals surface area (Å²) >= 11 is 0. The van der Waals surface area contributed by atoms with Gasteiger partial charge in [-0.1, -0.05) is 30.3 Å². The number of carbonyl (C=O) groups excluding carboxylic acids is 2. The summed E-state index contributed by atoms with van der Waals surface area (Å²) in [5.74, 6) is 0. The molecule has 29 heavy (non-hydrogen) atoms. The molecule has 2 fully saturated rings. The maximum Gasteiger partial charge on any atom is 0.410 e. The lowest BCUT2D eigenvalue weighted by Gasteiger charge is -2.36. The Morgan fingerprint density at radius 2 is 1.76 bits per heavy atom. The zero-order valence-electron chi connectivity index (χ0n) is 17.7. The van der Waals surface area contributed by atoms with E-state index in [1.54, 1.807) is 4.90 Å². The highest BCUT2D eigenvalue weighted by atomic mass is 16.6. The first kappa shape index (κ1) is 21.4. The van der Waals surface area contributed by atoms with Crippen molar-refractivity contribution in [3.05, 3.63) is 35.9 Å². The van der Waals surface area contributed by atoms with Gasteiger partial charge in [-0.05, 0) is 45.6 Å². The first-order valence-electron chi connectivity index (χ1n) is 10.5. The summed E-state index contributed by atoms with van der Waals surface area (Å²) < 4.78 is 10.8. The zero-order valence-corrected chi connectivity index (χ0v) is 17.7. The molecule has 0 bridgehead atoms. The van der Waals surface area contributed by atoms with E-state index in [2.05, 4.69) is 10.2 Å². The normalized spacial score (nSPS) is 21.1. The fourth-order valence-electron chi connectivity index (χ4n) is 3.94. The van der Waals surface area contributed by atoms with Crippen molar-refractivity contribution in [2.45, 2.75) is 64.3 Å². The van der Waals surface area contributed by atoms with E-state index in [0.29, 0.717) is 25.7 Å². The molecule has 0 saturated carbocycles. The van der Waals surface area contributed by atoms with Crippen LogP contribution in [0.15, 0.2) is 30.3 Å². The van der Waals surface area contributed by atoms with Gasteiger partial charge in [0, 0.05) is 38.3 Å². The van der Waals surface area contributed by atoms with Crippen molar-refractivity contribution in [2.24, 2.45) is 0 Å². The van der Waals surface area contributed by atoms with Crippen LogP contribution in [0.25, 0.3) is 0 Å². The Morgan fingerprint density at radius 1 is 1.07 bits per heavy atom. The highest BCUT2D eigenvalue weighted by Gasteiger charge is 2.33. The first-order valence-corrected chi connectivity index (χ1v) is 10.5. The number of amides is 2. The van der Waals surface area contributed by atoms with Gasteiger partial charge in [0.15, 0.2) is 0 Å². The van der Waals surface area contributed by atoms with Crippen molar-refractivity contribution >= 4 is 12.2 Å². The number of likely N-dealkylation sites (tertiary alicyclic amines) is 2. The van der Waals surface area contributed by atoms with Crippen molar-refractivity contribution < 1.29 is 19.1 Å². The number of ether oxygens (including phenoxy) is 2. The van der Waals surface area contributed by atoms with Gasteiger partial charge < -0.3 is 19.7 Å². The maximum absolute atomic E-state index is 12.3. The lowest BCUT2D eigenvalue weighted by Crippen LogP contribution is -2.47. The molecule has 0 aliphatic carbocycles. The summed E-state index contributed by atoms with van der Waals surface area (Å²) in [6, 6.07) is 10.3. The third kappa shape index (κ3) is 6.63. The van der Waals surface area contributed by atoms with Gasteiger partial charge in [-0.2, -0.15) is 0 Å². The number of alkyl carbamates (subject to hydrolysis) is 1. The van der Waals surface area contributed by atoms with E-state index in [9.17, 15) is 9.59 Å². The summed E-state index contributed by atoms with van der Waals surface area (Å²) in [6.07, 6.45) is 2.20. The van der Waals surface area contributed by atoms with Gasteiger partial charge in [0.05, 0.1) is 0 Å². The summed E-state index contributed by atoms with van der Waals surface area (Å²) in [4.78, 5) is 28.5. The first-order chi connectivity index (χ1) is 13.8. The average Bonchev–Trinajstić information content (AvgIpc) is 3.14. The molecular formula is C22H33N3O4. The minimum atomic E-state index is -0.482. The molecule has 0 radical (unpaired) electrons. The predicted molar refractivity (Wildman–Crippen MR) is 111 cm³/mol. The van der Waals surface area contributed by atoms with Crippen LogP contribution in [0.1, 0.15) is 45.6 Å². The minimum Gasteiger partial charge on any atom is -0.445 e. The highest BCUT2D eigenvalue weighted by molar-refractivity contribution is 5.68. The van der Waals surface area contributed by atoms with Crippen LogP contribution in [-0.4, -0.2) is 65.9 Å². The Morgan fingerprint density at radius 3 is 2.41 bits per heavy atom. The smallest absolute Gasteiger partial charge is 0.410 e. The monoisotopic (exact) mass is 403 g/mol. The van der Waals surface area contributed by atoms with E-state index in [1.165, 1.54) is 0 Å². The van der Waals surface area contributed by atoms with Gasteiger partial charge in [0.25, 0.3) is 0 Å². The number of benzene rings is 1. The second-order valence-electron chi connectivity index (χ2n) is 8.89. The number of hydrogen-bond donors (Lipinski definition) is 1. The van der Waals surface area contributed by atoms with E-state index in [0.717, 1.165) is 37.9 Å². The predicted octanol–water partition coefficient (Wildman–Crippen LogP) is 3.39. The second kappa shape index (κ2) is 9.48. The molecule has 2 aliphatic heterocycles. The Balaban J connectivity index is 1.37. The molecule has 1 aromatic carbocycles. The summed E-state index contributed by atoms with van der Waals surface area (Å²) in [5, 5.41) is 2.98. The number of nitrogens with one attached hydrogen (secondary N) is 1. The van der Waals surface area contributed by atoms with Gasteiger partial charge in [0.2, 0.25) is 0 Å². The molecule has 1 aromatic rings. The third-order valence-corrected chi connectivity index (χ3v) is 5.38. The third-order valence-electron chi connectivity index (χ3n) is 5.38. The van der Waals surface area contributed by atoms with Gasteiger partial charge in [0.1, 0.15) is 12.2 Å². The molecule has 1 unspecified atom stereocenters. The van der Waals surface area contributed by atoms with E-state index in [4.69, 9.17) is 9.47 Å². The molecule has 160 valence electrons. The van der Waals surface area contributed by atoms with Crippen molar-refractivity contribution in [2.75, 3.05) is 26.2 Å². The van der Waals surface area contributed by atoms with Gasteiger partial charge in [-0.15, -0.1) is 0 Å². The SMILES string of the molecule is CC(C)(C)OC(=O)NC1CCN(C2CCN(C(=O)OCc3ccccc3)CC2)C1. The van der Waals surface area contributed by atoms with Crippen molar-refractivity contribution in [3.8, 4) is 0 Å². The lowest BCUT2D eigenvalue weighted by atomic mass is 10.0. The molecule has 0 aromatic heterocycles. The van der Waals surface area contributed by atoms with Crippen LogP contribution in [-0.2, 0) is 16.1 Å². The van der Waals surface area contributed by atoms with Crippen LogP contribution >= 0.6 is 0 Å². The van der Waals surface area contributed by atoms with Crippen LogP contribution < -0.4 is 5.32 Å². The number of piperidine rings is 1. The summed E-state index contributed by atoms with van der Waals surface area (Å²) in [6.45, 7) is 9.12. The zero-order chi connectivity index (χ0) is 20.9. The van der Waals surface area contributed by atoms with E-state index < -0.39 is 5.60 Å². The fraction of sp³-hybridized carbons (Fsp3) is 0.636. The quantitative estimate of drug-likeness (QED) is 0.834. The molecule has 0 spiro atoms. The van der Waals surface area contributed by atoms with Crippen LogP contribution in [0.3, 0.4) is 0 Å². The maximum atomic E-state index is 12.3. The number of carbonyl (C=O) groups is 2. The average molecular weight is 404 g/mol. The van der Waals surface area contributed by atoms with Gasteiger partial charge in [-0.3, -0.25) is 4.90 Å². The van der Waals surface area contributed by atoms with E-state index in [1.807, 2.05) is 51.1 Å². The van der Waals surface area contributed by atoms with Gasteiger partial charge >= 0.3 is 12.2 Å². The number of hydrogen-bond acceptors (Lipinski definition) is 5. The molecule has 1 N–H and O–H groups in total. The lowest BCUT2D eigenvalue weighted by molar-refractivity contribution is 0.0497.